The number of hydrogen-bond acceptors (Lipinski definition) is 7. The Morgan fingerprint density at radius 3 is 2.82 bits per heavy atom. The van der Waals surface area contributed by atoms with E-state index in [9.17, 15) is 14.5 Å². The van der Waals surface area contributed by atoms with Crippen LogP contribution in [0.3, 0.4) is 0 Å². The van der Waals surface area contributed by atoms with Gasteiger partial charge in [0.15, 0.2) is 5.82 Å². The summed E-state index contributed by atoms with van der Waals surface area (Å²) < 4.78 is 21.6. The Morgan fingerprint density at radius 2 is 2.06 bits per heavy atom. The Labute approximate surface area is 194 Å². The number of nitro benzene ring substituents is 1. The third-order valence-corrected chi connectivity index (χ3v) is 5.91. The maximum Gasteiger partial charge on any atom is 0.306 e. The first-order valence-corrected chi connectivity index (χ1v) is 10.7. The maximum absolute atomic E-state index is 14.0. The molecule has 3 heterocycles. The molecule has 0 radical (unpaired) electrons. The van der Waals surface area contributed by atoms with E-state index in [-0.39, 0.29) is 5.95 Å². The first-order valence-electron chi connectivity index (χ1n) is 10.7. The Morgan fingerprint density at radius 1 is 1.24 bits per heavy atom. The Hall–Kier alpha value is -4.18. The molecule has 1 aliphatic heterocycles. The summed E-state index contributed by atoms with van der Waals surface area (Å²) in [6.07, 6.45) is 4.23. The van der Waals surface area contributed by atoms with E-state index in [1.807, 2.05) is 31.3 Å². The number of halogens is 1. The van der Waals surface area contributed by atoms with E-state index in [0.717, 1.165) is 46.3 Å². The van der Waals surface area contributed by atoms with Gasteiger partial charge in [-0.15, -0.1) is 0 Å². The van der Waals surface area contributed by atoms with Crippen molar-refractivity contribution < 1.29 is 14.1 Å². The first kappa shape index (κ1) is 21.7. The van der Waals surface area contributed by atoms with E-state index < -0.39 is 16.4 Å². The van der Waals surface area contributed by atoms with Crippen LogP contribution < -0.4 is 5.32 Å². The Balaban J connectivity index is 1.63. The fourth-order valence-electron chi connectivity index (χ4n) is 4.27. The van der Waals surface area contributed by atoms with E-state index in [1.54, 1.807) is 6.92 Å². The fourth-order valence-corrected chi connectivity index (χ4v) is 4.27. The second-order valence-electron chi connectivity index (χ2n) is 7.99. The summed E-state index contributed by atoms with van der Waals surface area (Å²) in [5.74, 6) is -0.227. The van der Waals surface area contributed by atoms with Crippen molar-refractivity contribution in [2.24, 2.45) is 7.05 Å². The molecule has 0 atom stereocenters. The van der Waals surface area contributed by atoms with Gasteiger partial charge in [-0.05, 0) is 36.6 Å². The molecule has 1 N–H and O–H groups in total. The summed E-state index contributed by atoms with van der Waals surface area (Å²) in [5, 5.41) is 15.2. The number of para-hydroxylation sites is 1. The molecule has 10 heteroatoms. The number of benzene rings is 2. The van der Waals surface area contributed by atoms with Crippen molar-refractivity contribution in [2.45, 2.75) is 13.3 Å². The van der Waals surface area contributed by atoms with Gasteiger partial charge in [-0.1, -0.05) is 24.3 Å². The minimum absolute atomic E-state index is 0.203. The molecule has 0 saturated heterocycles. The second kappa shape index (κ2) is 8.64. The molecule has 5 rings (SSSR count). The van der Waals surface area contributed by atoms with E-state index in [4.69, 9.17) is 4.74 Å². The molecule has 0 amide bonds. The number of ether oxygens (including phenoxy) is 1. The van der Waals surface area contributed by atoms with Crippen LogP contribution >= 0.6 is 0 Å². The van der Waals surface area contributed by atoms with E-state index in [2.05, 4.69) is 30.9 Å². The molecule has 0 spiro atoms. The van der Waals surface area contributed by atoms with Crippen molar-refractivity contribution in [2.75, 3.05) is 18.5 Å². The molecule has 0 bridgehead atoms. The van der Waals surface area contributed by atoms with Gasteiger partial charge in [0, 0.05) is 24.0 Å². The predicted octanol–water partition coefficient (Wildman–Crippen LogP) is 4.93. The van der Waals surface area contributed by atoms with Gasteiger partial charge < -0.3 is 14.6 Å². The number of nitrogens with zero attached hydrogens (tertiary/aromatic N) is 5. The molecule has 0 aliphatic carbocycles. The summed E-state index contributed by atoms with van der Waals surface area (Å²) in [6, 6.07) is 10.3. The number of nitrogens with one attached hydrogen (secondary N) is 1. The number of nitro groups is 1. The van der Waals surface area contributed by atoms with Crippen molar-refractivity contribution in [3.8, 4) is 11.4 Å². The molecule has 34 heavy (non-hydrogen) atoms. The largest absolute Gasteiger partial charge is 0.377 e. The number of fused-ring (bicyclic) bond motifs is 1. The lowest BCUT2D eigenvalue weighted by atomic mass is 10.0. The third-order valence-electron chi connectivity index (χ3n) is 5.91. The van der Waals surface area contributed by atoms with E-state index in [1.165, 1.54) is 6.33 Å². The van der Waals surface area contributed by atoms with Crippen LogP contribution in [-0.4, -0.2) is 37.7 Å². The fraction of sp³-hybridized carbons (Fsp3) is 0.208. The number of aryl methyl sites for hydroxylation is 2. The quantitative estimate of drug-likeness (QED) is 0.332. The van der Waals surface area contributed by atoms with Crippen LogP contribution in [0.15, 0.2) is 48.8 Å². The van der Waals surface area contributed by atoms with Crippen molar-refractivity contribution in [1.29, 1.82) is 0 Å². The highest BCUT2D eigenvalue weighted by Gasteiger charge is 2.23. The highest BCUT2D eigenvalue weighted by atomic mass is 19.1. The molecule has 1 aliphatic rings. The standard InChI is InChI=1S/C24H21FN6O3/c1-14-11-17(25)20(31(32)33)12-18(14)28-24-27-13-26-23(29-24)21-16-5-3-4-6-19(16)30(2)22(21)15-7-9-34-10-8-15/h3-7,11-13H,8-10H2,1-2H3,(H,26,27,28,29). The van der Waals surface area contributed by atoms with Gasteiger partial charge in [0.1, 0.15) is 6.33 Å². The molecule has 0 fully saturated rings. The summed E-state index contributed by atoms with van der Waals surface area (Å²) in [4.78, 5) is 23.7. The lowest BCUT2D eigenvalue weighted by Gasteiger charge is -2.16. The van der Waals surface area contributed by atoms with Crippen molar-refractivity contribution >= 4 is 33.8 Å². The summed E-state index contributed by atoms with van der Waals surface area (Å²) >= 11 is 0. The number of hydrogen-bond donors (Lipinski definition) is 1. The van der Waals surface area contributed by atoms with E-state index in [0.29, 0.717) is 30.3 Å². The minimum Gasteiger partial charge on any atom is -0.377 e. The van der Waals surface area contributed by atoms with Gasteiger partial charge in [0.05, 0.1) is 35.1 Å². The van der Waals surface area contributed by atoms with Crippen molar-refractivity contribution in [1.82, 2.24) is 19.5 Å². The second-order valence-corrected chi connectivity index (χ2v) is 7.99. The molecule has 0 saturated carbocycles. The number of aromatic nitrogens is 4. The van der Waals surface area contributed by atoms with Gasteiger partial charge in [0.25, 0.3) is 0 Å². The zero-order valence-corrected chi connectivity index (χ0v) is 18.6. The minimum atomic E-state index is -0.894. The van der Waals surface area contributed by atoms with Crippen LogP contribution in [-0.2, 0) is 11.8 Å². The summed E-state index contributed by atoms with van der Waals surface area (Å²) in [6.45, 7) is 2.83. The third kappa shape index (κ3) is 3.77. The molecule has 172 valence electrons. The lowest BCUT2D eigenvalue weighted by Crippen LogP contribution is -2.08. The molecule has 2 aromatic heterocycles. The Kier molecular flexibility index (Phi) is 5.50. The summed E-state index contributed by atoms with van der Waals surface area (Å²) in [5.41, 5.74) is 4.29. The van der Waals surface area contributed by atoms with Crippen molar-refractivity contribution in [3.05, 3.63) is 76.0 Å². The van der Waals surface area contributed by atoms with Crippen LogP contribution in [0.2, 0.25) is 0 Å². The van der Waals surface area contributed by atoms with Crippen LogP contribution in [0.4, 0.5) is 21.7 Å². The van der Waals surface area contributed by atoms with Crippen LogP contribution in [0, 0.1) is 22.9 Å². The van der Waals surface area contributed by atoms with Gasteiger partial charge in [-0.3, -0.25) is 10.1 Å². The molecule has 9 nitrogen and oxygen atoms in total. The number of anilines is 2. The van der Waals surface area contributed by atoms with Gasteiger partial charge in [-0.2, -0.15) is 9.37 Å². The van der Waals surface area contributed by atoms with Crippen molar-refractivity contribution in [3.63, 3.8) is 0 Å². The Bertz CT molecular complexity index is 1460. The molecule has 4 aromatic rings. The molecule has 0 unspecified atom stereocenters. The maximum atomic E-state index is 14.0. The molecule has 2 aromatic carbocycles. The van der Waals surface area contributed by atoms with E-state index >= 15 is 0 Å². The lowest BCUT2D eigenvalue weighted by molar-refractivity contribution is -0.387. The van der Waals surface area contributed by atoms with Crippen LogP contribution in [0.1, 0.15) is 17.7 Å². The average molecular weight is 460 g/mol. The summed E-state index contributed by atoms with van der Waals surface area (Å²) in [7, 11) is 2.01. The monoisotopic (exact) mass is 460 g/mol. The van der Waals surface area contributed by atoms with Crippen LogP contribution in [0.25, 0.3) is 27.9 Å². The molecular weight excluding hydrogens is 439 g/mol. The predicted molar refractivity (Wildman–Crippen MR) is 126 cm³/mol. The highest BCUT2D eigenvalue weighted by molar-refractivity contribution is 6.01. The zero-order chi connectivity index (χ0) is 23.8. The van der Waals surface area contributed by atoms with Gasteiger partial charge in [-0.25, -0.2) is 9.97 Å². The molecular formula is C24H21FN6O3. The number of rotatable bonds is 5. The highest BCUT2D eigenvalue weighted by Crippen LogP contribution is 2.38. The smallest absolute Gasteiger partial charge is 0.306 e. The van der Waals surface area contributed by atoms with Gasteiger partial charge in [0.2, 0.25) is 11.8 Å². The average Bonchev–Trinajstić information content (AvgIpc) is 3.14. The first-order chi connectivity index (χ1) is 16.4. The zero-order valence-electron chi connectivity index (χ0n) is 18.6. The topological polar surface area (TPSA) is 108 Å². The van der Waals surface area contributed by atoms with Crippen LogP contribution in [0.5, 0.6) is 0 Å². The van der Waals surface area contributed by atoms with Gasteiger partial charge >= 0.3 is 5.69 Å². The normalized spacial score (nSPS) is 13.7. The SMILES string of the molecule is Cc1cc(F)c([N+](=O)[O-])cc1Nc1ncnc(-c2c(C3=CCOCC3)n(C)c3ccccc23)n1.